The maximum atomic E-state index is 13.9. The Kier molecular flexibility index (Phi) is 3.73. The van der Waals surface area contributed by atoms with Gasteiger partial charge in [0.15, 0.2) is 5.82 Å². The molecular weight excluding hydrogens is 289 g/mol. The molecule has 0 saturated carbocycles. The third-order valence-electron chi connectivity index (χ3n) is 2.42. The summed E-state index contributed by atoms with van der Waals surface area (Å²) in [5.74, 6) is -0.565. The largest absolute Gasteiger partial charge is 0.303 e. The van der Waals surface area contributed by atoms with E-state index >= 15 is 0 Å². The molecule has 0 radical (unpaired) electrons. The molecular formula is C12H13ClFN3OS. The smallest absolute Gasteiger partial charge is 0.168 e. The summed E-state index contributed by atoms with van der Waals surface area (Å²) in [5, 5.41) is 0.0135. The van der Waals surface area contributed by atoms with Gasteiger partial charge in [-0.3, -0.25) is 0 Å². The number of halogens is 2. The average molecular weight is 302 g/mol. The summed E-state index contributed by atoms with van der Waals surface area (Å²) >= 11 is 5.73. The molecule has 0 amide bonds. The predicted molar refractivity (Wildman–Crippen MR) is 75.6 cm³/mol. The fraction of sp³-hybridized carbons (Fsp3) is 0.333. The van der Waals surface area contributed by atoms with E-state index in [2.05, 4.69) is 9.38 Å². The number of hydrogen-bond donors (Lipinski definition) is 0. The highest BCUT2D eigenvalue weighted by Crippen LogP contribution is 2.21. The van der Waals surface area contributed by atoms with E-state index in [1.807, 2.05) is 20.8 Å². The zero-order valence-electron chi connectivity index (χ0n) is 10.7. The molecule has 2 aromatic heterocycles. The van der Waals surface area contributed by atoms with Crippen molar-refractivity contribution >= 4 is 34.3 Å². The Morgan fingerprint density at radius 1 is 1.53 bits per heavy atom. The van der Waals surface area contributed by atoms with Gasteiger partial charge < -0.3 is 4.40 Å². The Morgan fingerprint density at radius 2 is 2.21 bits per heavy atom. The second-order valence-corrected chi connectivity index (χ2v) is 7.30. The molecule has 0 aliphatic rings. The second kappa shape index (κ2) is 5.02. The lowest BCUT2D eigenvalue weighted by Gasteiger charge is -2.12. The number of hydrogen-bond acceptors (Lipinski definition) is 2. The van der Waals surface area contributed by atoms with Crippen LogP contribution in [0.5, 0.6) is 0 Å². The number of imidazole rings is 1. The number of aromatic nitrogens is 2. The summed E-state index contributed by atoms with van der Waals surface area (Å²) in [7, 11) is -1.41. The molecule has 2 aromatic rings. The number of pyridine rings is 1. The van der Waals surface area contributed by atoms with Gasteiger partial charge in [-0.1, -0.05) is 11.6 Å². The van der Waals surface area contributed by atoms with Crippen LogP contribution in [0.4, 0.5) is 4.39 Å². The first kappa shape index (κ1) is 14.1. The lowest BCUT2D eigenvalue weighted by atomic mass is 10.3. The Bertz CT molecular complexity index is 675. The van der Waals surface area contributed by atoms with Crippen molar-refractivity contribution in [1.29, 1.82) is 0 Å². The highest BCUT2D eigenvalue weighted by molar-refractivity contribution is 7.85. The third-order valence-corrected chi connectivity index (χ3v) is 4.05. The topological polar surface area (TPSA) is 46.7 Å². The van der Waals surface area contributed by atoms with Crippen molar-refractivity contribution < 1.29 is 8.60 Å². The van der Waals surface area contributed by atoms with Crippen molar-refractivity contribution in [3.8, 4) is 0 Å². The predicted octanol–water partition coefficient (Wildman–Crippen LogP) is 3.01. The van der Waals surface area contributed by atoms with E-state index in [4.69, 9.17) is 11.6 Å². The van der Waals surface area contributed by atoms with Crippen LogP contribution in [0.3, 0.4) is 0 Å². The van der Waals surface area contributed by atoms with Crippen molar-refractivity contribution in [2.24, 2.45) is 4.40 Å². The van der Waals surface area contributed by atoms with E-state index in [0.717, 1.165) is 0 Å². The van der Waals surface area contributed by atoms with Gasteiger partial charge in [0, 0.05) is 6.20 Å². The minimum atomic E-state index is -1.41. The standard InChI is InChI=1S/C12H13ClFN3OS/c1-12(2,3)19(18)16-6-9-11-10(14)8(13)4-5-17(11)7-15-9/h4-7H,1-3H3. The van der Waals surface area contributed by atoms with Gasteiger partial charge in [0.05, 0.1) is 16.0 Å². The fourth-order valence-corrected chi connectivity index (χ4v) is 2.05. The Balaban J connectivity index is 2.45. The summed E-state index contributed by atoms with van der Waals surface area (Å²) in [5.41, 5.74) is 0.528. The van der Waals surface area contributed by atoms with E-state index < -0.39 is 21.5 Å². The van der Waals surface area contributed by atoms with E-state index in [9.17, 15) is 8.60 Å². The van der Waals surface area contributed by atoms with Crippen LogP contribution in [0, 0.1) is 5.82 Å². The van der Waals surface area contributed by atoms with Crippen LogP contribution in [0.2, 0.25) is 5.02 Å². The summed E-state index contributed by atoms with van der Waals surface area (Å²) in [6, 6.07) is 1.44. The van der Waals surface area contributed by atoms with Gasteiger partial charge in [-0.05, 0) is 26.8 Å². The zero-order valence-corrected chi connectivity index (χ0v) is 12.3. The van der Waals surface area contributed by atoms with Crippen LogP contribution in [0.1, 0.15) is 26.5 Å². The molecule has 2 rings (SSSR count). The third kappa shape index (κ3) is 2.84. The minimum Gasteiger partial charge on any atom is -0.303 e. The van der Waals surface area contributed by atoms with Crippen LogP contribution >= 0.6 is 11.6 Å². The van der Waals surface area contributed by atoms with Crippen LogP contribution in [0.15, 0.2) is 23.0 Å². The summed E-state index contributed by atoms with van der Waals surface area (Å²) in [4.78, 5) is 4.03. The van der Waals surface area contributed by atoms with Crippen molar-refractivity contribution in [3.63, 3.8) is 0 Å². The summed E-state index contributed by atoms with van der Waals surface area (Å²) in [6.45, 7) is 5.43. The zero-order chi connectivity index (χ0) is 14.2. The maximum Gasteiger partial charge on any atom is 0.168 e. The molecule has 0 aromatic carbocycles. The highest BCUT2D eigenvalue weighted by Gasteiger charge is 2.19. The first-order valence-electron chi connectivity index (χ1n) is 5.57. The molecule has 0 bridgehead atoms. The van der Waals surface area contributed by atoms with Gasteiger partial charge in [0.1, 0.15) is 28.5 Å². The normalized spacial score (nSPS) is 14.4. The van der Waals surface area contributed by atoms with Crippen LogP contribution in [-0.2, 0) is 11.0 Å². The van der Waals surface area contributed by atoms with Gasteiger partial charge in [0.25, 0.3) is 0 Å². The molecule has 0 aliphatic heterocycles. The summed E-state index contributed by atoms with van der Waals surface area (Å²) < 4.78 is 30.7. The molecule has 1 atom stereocenters. The number of nitrogens with zero attached hydrogens (tertiary/aromatic N) is 3. The van der Waals surface area contributed by atoms with E-state index in [-0.39, 0.29) is 10.5 Å². The first-order valence-corrected chi connectivity index (χ1v) is 7.06. The van der Waals surface area contributed by atoms with Gasteiger partial charge in [0.2, 0.25) is 0 Å². The van der Waals surface area contributed by atoms with E-state index in [1.54, 1.807) is 6.20 Å². The molecule has 7 heteroatoms. The average Bonchev–Trinajstić information content (AvgIpc) is 2.73. The molecule has 0 fully saturated rings. The summed E-state index contributed by atoms with van der Waals surface area (Å²) in [6.07, 6.45) is 4.37. The van der Waals surface area contributed by atoms with Crippen molar-refractivity contribution in [1.82, 2.24) is 9.38 Å². The van der Waals surface area contributed by atoms with Crippen molar-refractivity contribution in [3.05, 3.63) is 35.1 Å². The minimum absolute atomic E-state index is 0.0135. The SMILES string of the molecule is CC(C)(C)S(=O)N=Cc1ncn2ccc(Cl)c(F)c12. The Morgan fingerprint density at radius 3 is 2.84 bits per heavy atom. The number of rotatable bonds is 2. The lowest BCUT2D eigenvalue weighted by molar-refractivity contribution is 0.633. The molecule has 1 unspecified atom stereocenters. The number of fused-ring (bicyclic) bond motifs is 1. The van der Waals surface area contributed by atoms with Crippen molar-refractivity contribution in [2.75, 3.05) is 0 Å². The Hall–Kier alpha value is -1.27. The molecule has 0 spiro atoms. The molecule has 0 saturated heterocycles. The van der Waals surface area contributed by atoms with Crippen molar-refractivity contribution in [2.45, 2.75) is 25.5 Å². The molecule has 0 aliphatic carbocycles. The van der Waals surface area contributed by atoms with Gasteiger partial charge in [-0.15, -0.1) is 0 Å². The molecule has 4 nitrogen and oxygen atoms in total. The highest BCUT2D eigenvalue weighted by atomic mass is 35.5. The first-order chi connectivity index (χ1) is 8.80. The van der Waals surface area contributed by atoms with Gasteiger partial charge in [-0.25, -0.2) is 13.6 Å². The monoisotopic (exact) mass is 301 g/mol. The van der Waals surface area contributed by atoms with Gasteiger partial charge >= 0.3 is 0 Å². The Labute approximate surface area is 117 Å². The fourth-order valence-electron chi connectivity index (χ4n) is 1.40. The lowest BCUT2D eigenvalue weighted by Crippen LogP contribution is -2.19. The molecule has 19 heavy (non-hydrogen) atoms. The molecule has 2 heterocycles. The van der Waals surface area contributed by atoms with E-state index in [1.165, 1.54) is 23.0 Å². The van der Waals surface area contributed by atoms with Gasteiger partial charge in [-0.2, -0.15) is 4.40 Å². The van der Waals surface area contributed by atoms with Crippen LogP contribution < -0.4 is 0 Å². The van der Waals surface area contributed by atoms with Crippen LogP contribution in [0.25, 0.3) is 5.52 Å². The van der Waals surface area contributed by atoms with E-state index in [0.29, 0.717) is 5.69 Å². The second-order valence-electron chi connectivity index (χ2n) is 4.96. The quantitative estimate of drug-likeness (QED) is 0.801. The molecule has 102 valence electrons. The van der Waals surface area contributed by atoms with Crippen LogP contribution in [-0.4, -0.2) is 24.6 Å². The maximum absolute atomic E-state index is 13.9. The molecule has 0 N–H and O–H groups in total.